The number of hydrogen-bond acceptors (Lipinski definition) is 0. The summed E-state index contributed by atoms with van der Waals surface area (Å²) >= 11 is 0. The molecule has 12 heavy (non-hydrogen) atoms. The van der Waals surface area contributed by atoms with Gasteiger partial charge in [0.25, 0.3) is 0 Å². The molecule has 1 radical (unpaired) electrons. The van der Waals surface area contributed by atoms with Gasteiger partial charge in [0.05, 0.1) is 0 Å². The lowest BCUT2D eigenvalue weighted by molar-refractivity contribution is -0.0400. The largest absolute Gasteiger partial charge is 0.232 e. The molecule has 0 spiro atoms. The third kappa shape index (κ3) is 3.40. The number of rotatable bonds is 4. The van der Waals surface area contributed by atoms with Gasteiger partial charge >= 0.3 is 0 Å². The van der Waals surface area contributed by atoms with E-state index in [0.29, 0.717) is 0 Å². The van der Waals surface area contributed by atoms with Crippen LogP contribution in [-0.4, -0.2) is 6.10 Å². The number of allylic oxidation sites excluding steroid dienone is 2. The second kappa shape index (κ2) is 4.66. The smallest absolute Gasteiger partial charge is 0.101 e. The van der Waals surface area contributed by atoms with E-state index in [1.54, 1.807) is 0 Å². The van der Waals surface area contributed by atoms with E-state index in [4.69, 9.17) is 0 Å². The van der Waals surface area contributed by atoms with E-state index < -0.39 is 6.10 Å². The molecule has 0 aromatic heterocycles. The SMILES string of the molecule is CC=CCC(C)(C)C([O])C(C)C. The molecule has 0 aromatic carbocycles. The zero-order chi connectivity index (χ0) is 9.78. The molecular formula is C11H21O. The molecule has 71 valence electrons. The lowest BCUT2D eigenvalue weighted by atomic mass is 9.78. The summed E-state index contributed by atoms with van der Waals surface area (Å²) in [4.78, 5) is 0. The predicted molar refractivity (Wildman–Crippen MR) is 52.5 cm³/mol. The Morgan fingerprint density at radius 1 is 1.33 bits per heavy atom. The maximum atomic E-state index is 11.7. The molecule has 0 rings (SSSR count). The van der Waals surface area contributed by atoms with Gasteiger partial charge in [-0.2, -0.15) is 0 Å². The van der Waals surface area contributed by atoms with Crippen molar-refractivity contribution in [2.24, 2.45) is 11.3 Å². The third-order valence-electron chi connectivity index (χ3n) is 2.26. The standard InChI is InChI=1S/C11H21O/c1-6-7-8-11(4,5)10(12)9(2)3/h6-7,9-10H,8H2,1-5H3. The first-order chi connectivity index (χ1) is 5.41. The monoisotopic (exact) mass is 169 g/mol. The maximum Gasteiger partial charge on any atom is 0.101 e. The van der Waals surface area contributed by atoms with Crippen LogP contribution in [0.2, 0.25) is 0 Å². The van der Waals surface area contributed by atoms with Crippen molar-refractivity contribution in [2.45, 2.75) is 47.1 Å². The molecule has 0 aliphatic rings. The second-order valence-corrected chi connectivity index (χ2v) is 4.43. The highest BCUT2D eigenvalue weighted by atomic mass is 16.3. The van der Waals surface area contributed by atoms with Crippen LogP contribution >= 0.6 is 0 Å². The van der Waals surface area contributed by atoms with Gasteiger partial charge in [-0.25, -0.2) is 5.11 Å². The lowest BCUT2D eigenvalue weighted by Crippen LogP contribution is -2.32. The van der Waals surface area contributed by atoms with Gasteiger partial charge in [0, 0.05) is 0 Å². The first-order valence-corrected chi connectivity index (χ1v) is 4.68. The van der Waals surface area contributed by atoms with E-state index in [2.05, 4.69) is 6.08 Å². The molecule has 0 fully saturated rings. The molecule has 0 aliphatic carbocycles. The fourth-order valence-electron chi connectivity index (χ4n) is 1.44. The topological polar surface area (TPSA) is 19.9 Å². The van der Waals surface area contributed by atoms with Crippen LogP contribution in [0.5, 0.6) is 0 Å². The van der Waals surface area contributed by atoms with E-state index >= 15 is 0 Å². The van der Waals surface area contributed by atoms with Crippen LogP contribution in [0, 0.1) is 11.3 Å². The van der Waals surface area contributed by atoms with E-state index in [9.17, 15) is 5.11 Å². The Labute approximate surface area is 76.5 Å². The van der Waals surface area contributed by atoms with Crippen LogP contribution in [0.4, 0.5) is 0 Å². The van der Waals surface area contributed by atoms with Crippen molar-refractivity contribution in [1.82, 2.24) is 0 Å². The van der Waals surface area contributed by atoms with Crippen molar-refractivity contribution < 1.29 is 5.11 Å². The van der Waals surface area contributed by atoms with Gasteiger partial charge in [-0.15, -0.1) is 0 Å². The highest BCUT2D eigenvalue weighted by Gasteiger charge is 2.30. The van der Waals surface area contributed by atoms with E-state index in [0.717, 1.165) is 6.42 Å². The maximum absolute atomic E-state index is 11.7. The molecule has 0 saturated carbocycles. The fourth-order valence-corrected chi connectivity index (χ4v) is 1.44. The minimum Gasteiger partial charge on any atom is -0.232 e. The summed E-state index contributed by atoms with van der Waals surface area (Å²) < 4.78 is 0. The summed E-state index contributed by atoms with van der Waals surface area (Å²) in [5, 5.41) is 11.7. The molecule has 0 N–H and O–H groups in total. The zero-order valence-electron chi connectivity index (χ0n) is 8.92. The van der Waals surface area contributed by atoms with Gasteiger partial charge in [0.2, 0.25) is 0 Å². The molecule has 0 aromatic rings. The van der Waals surface area contributed by atoms with Crippen molar-refractivity contribution in [3.05, 3.63) is 12.2 Å². The molecular weight excluding hydrogens is 148 g/mol. The highest BCUT2D eigenvalue weighted by molar-refractivity contribution is 4.89. The first-order valence-electron chi connectivity index (χ1n) is 4.68. The average Bonchev–Trinajstić information content (AvgIpc) is 1.99. The summed E-state index contributed by atoms with van der Waals surface area (Å²) in [6.07, 6.45) is 4.51. The van der Waals surface area contributed by atoms with Gasteiger partial charge in [-0.3, -0.25) is 0 Å². The van der Waals surface area contributed by atoms with Crippen molar-refractivity contribution in [3.63, 3.8) is 0 Å². The average molecular weight is 169 g/mol. The van der Waals surface area contributed by atoms with Gasteiger partial charge in [0.1, 0.15) is 6.10 Å². The molecule has 1 heteroatoms. The summed E-state index contributed by atoms with van der Waals surface area (Å²) in [7, 11) is 0. The second-order valence-electron chi connectivity index (χ2n) is 4.43. The van der Waals surface area contributed by atoms with Crippen molar-refractivity contribution in [1.29, 1.82) is 0 Å². The minimum absolute atomic E-state index is 0.110. The van der Waals surface area contributed by atoms with Crippen LogP contribution in [0.25, 0.3) is 0 Å². The molecule has 0 heterocycles. The van der Waals surface area contributed by atoms with E-state index in [-0.39, 0.29) is 11.3 Å². The van der Waals surface area contributed by atoms with Crippen molar-refractivity contribution >= 4 is 0 Å². The molecule has 0 aliphatic heterocycles. The van der Waals surface area contributed by atoms with Gasteiger partial charge in [-0.1, -0.05) is 39.8 Å². The summed E-state index contributed by atoms with van der Waals surface area (Å²) in [6.45, 7) is 10.1. The Balaban J connectivity index is 4.17. The Kier molecular flexibility index (Phi) is 4.54. The van der Waals surface area contributed by atoms with E-state index in [1.807, 2.05) is 40.7 Å². The van der Waals surface area contributed by atoms with Gasteiger partial charge in [0.15, 0.2) is 0 Å². The van der Waals surface area contributed by atoms with Crippen LogP contribution in [0.15, 0.2) is 12.2 Å². The Morgan fingerprint density at radius 2 is 1.83 bits per heavy atom. The summed E-state index contributed by atoms with van der Waals surface area (Å²) in [5.41, 5.74) is -0.110. The predicted octanol–water partition coefficient (Wildman–Crippen LogP) is 3.43. The molecule has 1 unspecified atom stereocenters. The molecule has 1 atom stereocenters. The minimum atomic E-state index is -0.464. The van der Waals surface area contributed by atoms with Crippen LogP contribution in [-0.2, 0) is 5.11 Å². The molecule has 0 saturated heterocycles. The first kappa shape index (κ1) is 11.7. The Morgan fingerprint density at radius 3 is 2.17 bits per heavy atom. The van der Waals surface area contributed by atoms with Gasteiger partial charge < -0.3 is 0 Å². The quantitative estimate of drug-likeness (QED) is 0.575. The lowest BCUT2D eigenvalue weighted by Gasteiger charge is -2.30. The van der Waals surface area contributed by atoms with E-state index in [1.165, 1.54) is 0 Å². The Hall–Kier alpha value is -0.300. The number of hydrogen-bond donors (Lipinski definition) is 0. The third-order valence-corrected chi connectivity index (χ3v) is 2.26. The highest BCUT2D eigenvalue weighted by Crippen LogP contribution is 2.30. The van der Waals surface area contributed by atoms with Gasteiger partial charge in [-0.05, 0) is 24.7 Å². The van der Waals surface area contributed by atoms with Crippen molar-refractivity contribution in [3.8, 4) is 0 Å². The van der Waals surface area contributed by atoms with Crippen LogP contribution in [0.3, 0.4) is 0 Å². The normalized spacial score (nSPS) is 15.9. The Bertz CT molecular complexity index is 145. The molecule has 0 amide bonds. The summed E-state index contributed by atoms with van der Waals surface area (Å²) in [5.74, 6) is 0.227. The molecule has 0 bridgehead atoms. The van der Waals surface area contributed by atoms with Crippen LogP contribution in [0.1, 0.15) is 41.0 Å². The van der Waals surface area contributed by atoms with Crippen molar-refractivity contribution in [2.75, 3.05) is 0 Å². The van der Waals surface area contributed by atoms with Crippen LogP contribution < -0.4 is 0 Å². The zero-order valence-corrected chi connectivity index (χ0v) is 8.92. The summed E-state index contributed by atoms with van der Waals surface area (Å²) in [6, 6.07) is 0. The molecule has 1 nitrogen and oxygen atoms in total. The fraction of sp³-hybridized carbons (Fsp3) is 0.818.